The highest BCUT2D eigenvalue weighted by atomic mass is 35.5. The topological polar surface area (TPSA) is 12.0 Å². The average Bonchev–Trinajstić information content (AvgIpc) is 2.41. The summed E-state index contributed by atoms with van der Waals surface area (Å²) < 4.78 is 0. The predicted octanol–water partition coefficient (Wildman–Crippen LogP) is 5.47. The van der Waals surface area contributed by atoms with Gasteiger partial charge in [-0.05, 0) is 55.8 Å². The summed E-state index contributed by atoms with van der Waals surface area (Å²) in [5.74, 6) is 1.75. The minimum atomic E-state index is 0.328. The predicted molar refractivity (Wildman–Crippen MR) is 84.0 cm³/mol. The Morgan fingerprint density at radius 2 is 1.84 bits per heavy atom. The third kappa shape index (κ3) is 4.37. The highest BCUT2D eigenvalue weighted by Gasteiger charge is 2.18. The van der Waals surface area contributed by atoms with Crippen molar-refractivity contribution in [3.05, 3.63) is 33.8 Å². The van der Waals surface area contributed by atoms with Crippen LogP contribution in [0.25, 0.3) is 0 Å². The lowest BCUT2D eigenvalue weighted by Crippen LogP contribution is -2.28. The van der Waals surface area contributed by atoms with E-state index in [1.54, 1.807) is 0 Å². The summed E-state index contributed by atoms with van der Waals surface area (Å²) >= 11 is 12.0. The van der Waals surface area contributed by atoms with Crippen LogP contribution in [0, 0.1) is 11.8 Å². The molecule has 3 heteroatoms. The number of benzene rings is 1. The van der Waals surface area contributed by atoms with E-state index < -0.39 is 0 Å². The molecule has 0 saturated heterocycles. The van der Waals surface area contributed by atoms with E-state index in [0.29, 0.717) is 16.1 Å². The fourth-order valence-corrected chi connectivity index (χ4v) is 3.08. The molecule has 1 unspecified atom stereocenters. The first-order valence-electron chi connectivity index (χ1n) is 7.24. The Kier molecular flexibility index (Phi) is 5.56. The van der Waals surface area contributed by atoms with E-state index in [1.165, 1.54) is 31.2 Å². The Bertz CT molecular complexity index is 411. The van der Waals surface area contributed by atoms with E-state index in [2.05, 4.69) is 25.2 Å². The third-order valence-corrected chi connectivity index (χ3v) is 5.03. The molecule has 0 spiro atoms. The molecule has 0 heterocycles. The zero-order chi connectivity index (χ0) is 13.8. The average molecular weight is 300 g/mol. The van der Waals surface area contributed by atoms with Gasteiger partial charge in [-0.25, -0.2) is 0 Å². The van der Waals surface area contributed by atoms with Gasteiger partial charge in [-0.1, -0.05) is 49.0 Å². The van der Waals surface area contributed by atoms with Crippen LogP contribution >= 0.6 is 23.2 Å². The summed E-state index contributed by atoms with van der Waals surface area (Å²) in [6, 6.07) is 6.22. The molecule has 0 radical (unpaired) electrons. The molecular weight excluding hydrogens is 277 g/mol. The maximum absolute atomic E-state index is 6.06. The van der Waals surface area contributed by atoms with Crippen LogP contribution in [0.4, 0.5) is 0 Å². The SMILES string of the molecule is CC1CCC(CNC(C)c2ccc(Cl)c(Cl)c2)CC1. The van der Waals surface area contributed by atoms with Crippen molar-refractivity contribution in [2.24, 2.45) is 11.8 Å². The van der Waals surface area contributed by atoms with E-state index in [0.717, 1.165) is 18.4 Å². The number of hydrogen-bond acceptors (Lipinski definition) is 1. The Balaban J connectivity index is 1.83. The molecule has 106 valence electrons. The van der Waals surface area contributed by atoms with E-state index in [4.69, 9.17) is 23.2 Å². The van der Waals surface area contributed by atoms with Gasteiger partial charge in [0.15, 0.2) is 0 Å². The summed E-state index contributed by atoms with van der Waals surface area (Å²) in [6.45, 7) is 5.65. The highest BCUT2D eigenvalue weighted by molar-refractivity contribution is 6.42. The summed E-state index contributed by atoms with van der Waals surface area (Å²) in [6.07, 6.45) is 5.49. The Hall–Kier alpha value is -0.240. The first-order chi connectivity index (χ1) is 9.06. The van der Waals surface area contributed by atoms with Crippen molar-refractivity contribution < 1.29 is 0 Å². The fourth-order valence-electron chi connectivity index (χ4n) is 2.78. The zero-order valence-electron chi connectivity index (χ0n) is 11.8. The van der Waals surface area contributed by atoms with Crippen LogP contribution in [-0.2, 0) is 0 Å². The largest absolute Gasteiger partial charge is 0.310 e. The van der Waals surface area contributed by atoms with Crippen LogP contribution < -0.4 is 5.32 Å². The molecule has 1 atom stereocenters. The molecule has 1 aliphatic rings. The van der Waals surface area contributed by atoms with Gasteiger partial charge in [0.05, 0.1) is 10.0 Å². The van der Waals surface area contributed by atoms with E-state index in [9.17, 15) is 0 Å². The molecule has 19 heavy (non-hydrogen) atoms. The van der Waals surface area contributed by atoms with E-state index >= 15 is 0 Å². The molecule has 0 bridgehead atoms. The van der Waals surface area contributed by atoms with Gasteiger partial charge in [-0.2, -0.15) is 0 Å². The fraction of sp³-hybridized carbons (Fsp3) is 0.625. The van der Waals surface area contributed by atoms with Crippen LogP contribution in [0.2, 0.25) is 10.0 Å². The standard InChI is InChI=1S/C16H23Cl2N/c1-11-3-5-13(6-4-11)10-19-12(2)14-7-8-15(17)16(18)9-14/h7-9,11-13,19H,3-6,10H2,1-2H3. The Labute approximate surface area is 126 Å². The van der Waals surface area contributed by atoms with Gasteiger partial charge >= 0.3 is 0 Å². The molecule has 1 fully saturated rings. The van der Waals surface area contributed by atoms with Crippen LogP contribution in [0.3, 0.4) is 0 Å². The smallest absolute Gasteiger partial charge is 0.0595 e. The molecule has 1 N–H and O–H groups in total. The lowest BCUT2D eigenvalue weighted by Gasteiger charge is -2.27. The summed E-state index contributed by atoms with van der Waals surface area (Å²) in [4.78, 5) is 0. The van der Waals surface area contributed by atoms with Crippen molar-refractivity contribution in [3.63, 3.8) is 0 Å². The van der Waals surface area contributed by atoms with Crippen molar-refractivity contribution in [3.8, 4) is 0 Å². The maximum atomic E-state index is 6.06. The molecule has 1 aromatic rings. The van der Waals surface area contributed by atoms with Gasteiger partial charge in [0, 0.05) is 6.04 Å². The lowest BCUT2D eigenvalue weighted by molar-refractivity contribution is 0.276. The molecule has 2 rings (SSSR count). The van der Waals surface area contributed by atoms with Gasteiger partial charge in [0.1, 0.15) is 0 Å². The second-order valence-electron chi connectivity index (χ2n) is 5.93. The van der Waals surface area contributed by atoms with Crippen molar-refractivity contribution in [1.29, 1.82) is 0 Å². The van der Waals surface area contributed by atoms with Crippen LogP contribution in [0.1, 0.15) is 51.1 Å². The monoisotopic (exact) mass is 299 g/mol. The summed E-state index contributed by atoms with van der Waals surface area (Å²) in [7, 11) is 0. The Morgan fingerprint density at radius 3 is 2.47 bits per heavy atom. The zero-order valence-corrected chi connectivity index (χ0v) is 13.3. The summed E-state index contributed by atoms with van der Waals surface area (Å²) in [5, 5.41) is 4.89. The minimum Gasteiger partial charge on any atom is -0.310 e. The third-order valence-electron chi connectivity index (χ3n) is 4.29. The van der Waals surface area contributed by atoms with E-state index in [-0.39, 0.29) is 0 Å². The quantitative estimate of drug-likeness (QED) is 0.777. The first kappa shape index (κ1) is 15.2. The van der Waals surface area contributed by atoms with E-state index in [1.807, 2.05) is 12.1 Å². The van der Waals surface area contributed by atoms with Crippen LogP contribution in [0.5, 0.6) is 0 Å². The highest BCUT2D eigenvalue weighted by Crippen LogP contribution is 2.29. The van der Waals surface area contributed by atoms with Crippen molar-refractivity contribution >= 4 is 23.2 Å². The maximum Gasteiger partial charge on any atom is 0.0595 e. The minimum absolute atomic E-state index is 0.328. The van der Waals surface area contributed by atoms with Gasteiger partial charge < -0.3 is 5.32 Å². The molecule has 1 saturated carbocycles. The molecule has 0 aromatic heterocycles. The molecular formula is C16H23Cl2N. The van der Waals surface area contributed by atoms with Gasteiger partial charge in [-0.15, -0.1) is 0 Å². The molecule has 0 amide bonds. The van der Waals surface area contributed by atoms with Crippen LogP contribution in [0.15, 0.2) is 18.2 Å². The van der Waals surface area contributed by atoms with Gasteiger partial charge in [0.2, 0.25) is 0 Å². The molecule has 1 aromatic carbocycles. The molecule has 0 aliphatic heterocycles. The van der Waals surface area contributed by atoms with Crippen LogP contribution in [-0.4, -0.2) is 6.54 Å². The van der Waals surface area contributed by atoms with Crippen molar-refractivity contribution in [2.75, 3.05) is 6.54 Å². The molecule has 1 aliphatic carbocycles. The number of nitrogens with one attached hydrogen (secondary N) is 1. The lowest BCUT2D eigenvalue weighted by atomic mass is 9.83. The summed E-state index contributed by atoms with van der Waals surface area (Å²) in [5.41, 5.74) is 1.21. The van der Waals surface area contributed by atoms with Crippen molar-refractivity contribution in [2.45, 2.75) is 45.6 Å². The number of hydrogen-bond donors (Lipinski definition) is 1. The van der Waals surface area contributed by atoms with Gasteiger partial charge in [-0.3, -0.25) is 0 Å². The first-order valence-corrected chi connectivity index (χ1v) is 8.00. The van der Waals surface area contributed by atoms with Crippen molar-refractivity contribution in [1.82, 2.24) is 5.32 Å². The number of halogens is 2. The second kappa shape index (κ2) is 6.97. The van der Waals surface area contributed by atoms with Gasteiger partial charge in [0.25, 0.3) is 0 Å². The normalized spacial score (nSPS) is 25.3. The Morgan fingerprint density at radius 1 is 1.16 bits per heavy atom. The second-order valence-corrected chi connectivity index (χ2v) is 6.74. The number of rotatable bonds is 4. The molecule has 1 nitrogen and oxygen atoms in total.